The topological polar surface area (TPSA) is 43.3 Å². The highest BCUT2D eigenvalue weighted by atomic mass is 35.5. The highest BCUT2D eigenvalue weighted by molar-refractivity contribution is 6.30. The predicted molar refractivity (Wildman–Crippen MR) is 92.5 cm³/mol. The minimum Gasteiger partial charge on any atom is -0.330 e. The summed E-state index contributed by atoms with van der Waals surface area (Å²) in [5, 5.41) is 0.699. The van der Waals surface area contributed by atoms with Gasteiger partial charge in [0.05, 0.1) is 16.4 Å². The molecule has 2 aromatic heterocycles. The van der Waals surface area contributed by atoms with Crippen LogP contribution in [0.15, 0.2) is 42.6 Å². The second-order valence-corrected chi connectivity index (χ2v) is 6.23. The van der Waals surface area contributed by atoms with Gasteiger partial charge in [-0.2, -0.15) is 0 Å². The quantitative estimate of drug-likeness (QED) is 0.781. The minimum absolute atomic E-state index is 0.525. The van der Waals surface area contributed by atoms with Gasteiger partial charge in [-0.05, 0) is 30.2 Å². The molecular formula is C18H20ClN3. The maximum absolute atomic E-state index is 6.12. The van der Waals surface area contributed by atoms with Gasteiger partial charge in [-0.3, -0.25) is 0 Å². The average Bonchev–Trinajstić information content (AvgIpc) is 2.86. The molecule has 2 N–H and O–H groups in total. The van der Waals surface area contributed by atoms with Crippen LogP contribution in [0.4, 0.5) is 0 Å². The predicted octanol–water partition coefficient (Wildman–Crippen LogP) is 4.28. The number of halogens is 1. The molecule has 0 aliphatic carbocycles. The Balaban J connectivity index is 2.14. The standard InChI is InChI=1S/C18H20ClN3/c1-12(2)13-3-5-14(6-4-13)18-16(9-10-20)22-11-15(19)7-8-17(22)21-18/h3-8,11-12H,9-10,20H2,1-2H3. The zero-order chi connectivity index (χ0) is 15.7. The van der Waals surface area contributed by atoms with Gasteiger partial charge in [0.25, 0.3) is 0 Å². The van der Waals surface area contributed by atoms with E-state index in [0.717, 1.165) is 29.0 Å². The second kappa shape index (κ2) is 6.11. The van der Waals surface area contributed by atoms with Crippen molar-refractivity contribution in [3.63, 3.8) is 0 Å². The molecule has 114 valence electrons. The SMILES string of the molecule is CC(C)c1ccc(-c2nc3ccc(Cl)cn3c2CCN)cc1. The third kappa shape index (κ3) is 2.74. The summed E-state index contributed by atoms with van der Waals surface area (Å²) >= 11 is 6.12. The smallest absolute Gasteiger partial charge is 0.137 e. The van der Waals surface area contributed by atoms with Gasteiger partial charge in [-0.1, -0.05) is 49.7 Å². The third-order valence-corrected chi connectivity index (χ3v) is 4.14. The van der Waals surface area contributed by atoms with Crippen LogP contribution in [0.2, 0.25) is 5.02 Å². The number of hydrogen-bond acceptors (Lipinski definition) is 2. The van der Waals surface area contributed by atoms with E-state index in [9.17, 15) is 0 Å². The second-order valence-electron chi connectivity index (χ2n) is 5.80. The summed E-state index contributed by atoms with van der Waals surface area (Å²) in [7, 11) is 0. The van der Waals surface area contributed by atoms with Gasteiger partial charge < -0.3 is 10.1 Å². The first kappa shape index (κ1) is 15.1. The normalized spacial score (nSPS) is 11.5. The van der Waals surface area contributed by atoms with Gasteiger partial charge in [0.1, 0.15) is 5.65 Å². The molecule has 3 rings (SSSR count). The van der Waals surface area contributed by atoms with E-state index < -0.39 is 0 Å². The van der Waals surface area contributed by atoms with E-state index in [-0.39, 0.29) is 0 Å². The minimum atomic E-state index is 0.525. The molecular weight excluding hydrogens is 294 g/mol. The lowest BCUT2D eigenvalue weighted by atomic mass is 10.00. The van der Waals surface area contributed by atoms with Gasteiger partial charge in [0.15, 0.2) is 0 Å². The molecule has 0 bridgehead atoms. The zero-order valence-corrected chi connectivity index (χ0v) is 13.6. The molecule has 0 saturated carbocycles. The summed E-state index contributed by atoms with van der Waals surface area (Å²) in [6.45, 7) is 4.97. The molecule has 0 saturated heterocycles. The van der Waals surface area contributed by atoms with E-state index in [1.165, 1.54) is 5.56 Å². The first-order valence-electron chi connectivity index (χ1n) is 7.57. The summed E-state index contributed by atoms with van der Waals surface area (Å²) in [4.78, 5) is 4.77. The molecule has 0 radical (unpaired) electrons. The summed E-state index contributed by atoms with van der Waals surface area (Å²) in [6.07, 6.45) is 2.67. The number of nitrogens with two attached hydrogens (primary N) is 1. The van der Waals surface area contributed by atoms with Gasteiger partial charge in [-0.25, -0.2) is 4.98 Å². The lowest BCUT2D eigenvalue weighted by molar-refractivity contribution is 0.867. The van der Waals surface area contributed by atoms with Crippen LogP contribution >= 0.6 is 11.6 Å². The van der Waals surface area contributed by atoms with Gasteiger partial charge in [-0.15, -0.1) is 0 Å². The Bertz CT molecular complexity index is 788. The third-order valence-electron chi connectivity index (χ3n) is 3.91. The maximum atomic E-state index is 6.12. The fourth-order valence-electron chi connectivity index (χ4n) is 2.70. The summed E-state index contributed by atoms with van der Waals surface area (Å²) in [6, 6.07) is 12.4. The molecule has 3 aromatic rings. The number of benzene rings is 1. The van der Waals surface area contributed by atoms with E-state index >= 15 is 0 Å². The fourth-order valence-corrected chi connectivity index (χ4v) is 2.86. The van der Waals surface area contributed by atoms with Crippen LogP contribution in [-0.2, 0) is 6.42 Å². The number of hydrogen-bond donors (Lipinski definition) is 1. The zero-order valence-electron chi connectivity index (χ0n) is 12.9. The molecule has 0 atom stereocenters. The Labute approximate surface area is 135 Å². The van der Waals surface area contributed by atoms with E-state index in [0.29, 0.717) is 17.5 Å². The molecule has 3 nitrogen and oxygen atoms in total. The molecule has 0 fully saturated rings. The molecule has 0 aliphatic heterocycles. The largest absolute Gasteiger partial charge is 0.330 e. The summed E-state index contributed by atoms with van der Waals surface area (Å²) in [5.74, 6) is 0.525. The van der Waals surface area contributed by atoms with Gasteiger partial charge in [0, 0.05) is 18.2 Å². The van der Waals surface area contributed by atoms with Crippen LogP contribution in [0.3, 0.4) is 0 Å². The molecule has 0 amide bonds. The summed E-state index contributed by atoms with van der Waals surface area (Å²) < 4.78 is 2.04. The number of fused-ring (bicyclic) bond motifs is 1. The first-order chi connectivity index (χ1) is 10.6. The Hall–Kier alpha value is -1.84. The number of nitrogens with zero attached hydrogens (tertiary/aromatic N) is 2. The molecule has 0 spiro atoms. The Morgan fingerprint density at radius 1 is 1.14 bits per heavy atom. The van der Waals surface area contributed by atoms with Crippen molar-refractivity contribution in [3.05, 3.63) is 58.9 Å². The first-order valence-corrected chi connectivity index (χ1v) is 7.95. The van der Waals surface area contributed by atoms with Crippen molar-refractivity contribution in [2.45, 2.75) is 26.2 Å². The average molecular weight is 314 g/mol. The Morgan fingerprint density at radius 2 is 1.86 bits per heavy atom. The summed E-state index contributed by atoms with van der Waals surface area (Å²) in [5.41, 5.74) is 11.2. The van der Waals surface area contributed by atoms with E-state index in [1.807, 2.05) is 22.7 Å². The van der Waals surface area contributed by atoms with Crippen LogP contribution in [0.5, 0.6) is 0 Å². The molecule has 1 aromatic carbocycles. The van der Waals surface area contributed by atoms with Crippen molar-refractivity contribution in [1.82, 2.24) is 9.38 Å². The molecule has 0 unspecified atom stereocenters. The van der Waals surface area contributed by atoms with Crippen molar-refractivity contribution in [2.75, 3.05) is 6.54 Å². The van der Waals surface area contributed by atoms with Gasteiger partial charge >= 0.3 is 0 Å². The highest BCUT2D eigenvalue weighted by Gasteiger charge is 2.14. The molecule has 4 heteroatoms. The van der Waals surface area contributed by atoms with E-state index in [2.05, 4.69) is 38.1 Å². The number of imidazole rings is 1. The van der Waals surface area contributed by atoms with Crippen molar-refractivity contribution < 1.29 is 0 Å². The van der Waals surface area contributed by atoms with E-state index in [1.54, 1.807) is 0 Å². The van der Waals surface area contributed by atoms with Crippen molar-refractivity contribution in [3.8, 4) is 11.3 Å². The Morgan fingerprint density at radius 3 is 2.50 bits per heavy atom. The van der Waals surface area contributed by atoms with Crippen LogP contribution in [-0.4, -0.2) is 15.9 Å². The highest BCUT2D eigenvalue weighted by Crippen LogP contribution is 2.27. The Kier molecular flexibility index (Phi) is 4.19. The number of pyridine rings is 1. The van der Waals surface area contributed by atoms with Crippen LogP contribution in [0.25, 0.3) is 16.9 Å². The number of rotatable bonds is 4. The lowest BCUT2D eigenvalue weighted by Crippen LogP contribution is -2.06. The molecule has 2 heterocycles. The van der Waals surface area contributed by atoms with Gasteiger partial charge in [0.2, 0.25) is 0 Å². The maximum Gasteiger partial charge on any atom is 0.137 e. The van der Waals surface area contributed by atoms with Crippen LogP contribution < -0.4 is 5.73 Å². The van der Waals surface area contributed by atoms with E-state index in [4.69, 9.17) is 22.3 Å². The van der Waals surface area contributed by atoms with Crippen molar-refractivity contribution >= 4 is 17.2 Å². The fraction of sp³-hybridized carbons (Fsp3) is 0.278. The molecule has 22 heavy (non-hydrogen) atoms. The van der Waals surface area contributed by atoms with Crippen LogP contribution in [0.1, 0.15) is 31.0 Å². The van der Waals surface area contributed by atoms with Crippen LogP contribution in [0, 0.1) is 0 Å². The lowest BCUT2D eigenvalue weighted by Gasteiger charge is -2.07. The molecule has 0 aliphatic rings. The number of aromatic nitrogens is 2. The van der Waals surface area contributed by atoms with Crippen molar-refractivity contribution in [1.29, 1.82) is 0 Å². The monoisotopic (exact) mass is 313 g/mol. The van der Waals surface area contributed by atoms with Crippen molar-refractivity contribution in [2.24, 2.45) is 5.73 Å².